The third-order valence-corrected chi connectivity index (χ3v) is 10.1. The van der Waals surface area contributed by atoms with E-state index in [0.29, 0.717) is 10.0 Å². The second-order valence-electron chi connectivity index (χ2n) is 9.94. The predicted molar refractivity (Wildman–Crippen MR) is 136 cm³/mol. The Hall–Kier alpha value is -2.79. The summed E-state index contributed by atoms with van der Waals surface area (Å²) in [7, 11) is 0. The number of rotatable bonds is 2. The summed E-state index contributed by atoms with van der Waals surface area (Å²) in [6.45, 7) is 0. The Morgan fingerprint density at radius 3 is 2.34 bits per heavy atom. The van der Waals surface area contributed by atoms with Crippen molar-refractivity contribution in [2.45, 2.75) is 28.5 Å². The first kappa shape index (κ1) is 25.5. The largest absolute Gasteiger partial charge is 0.508 e. The van der Waals surface area contributed by atoms with Crippen molar-refractivity contribution in [2.24, 2.45) is 17.8 Å². The summed E-state index contributed by atoms with van der Waals surface area (Å²) in [6, 6.07) is 9.19. The maximum atomic E-state index is 14.1. The van der Waals surface area contributed by atoms with Gasteiger partial charge in [-0.25, -0.2) is 9.29 Å². The average molecular weight is 624 g/mol. The lowest BCUT2D eigenvalue weighted by Gasteiger charge is -2.50. The lowest BCUT2D eigenvalue weighted by molar-refractivity contribution is -0.173. The van der Waals surface area contributed by atoms with Crippen molar-refractivity contribution in [3.63, 3.8) is 0 Å². The molecule has 2 aromatic carbocycles. The second-order valence-corrected chi connectivity index (χ2v) is 12.1. The summed E-state index contributed by atoms with van der Waals surface area (Å²) in [5, 5.41) is 21.1. The highest BCUT2D eigenvalue weighted by Crippen LogP contribution is 2.66. The van der Waals surface area contributed by atoms with Crippen LogP contribution in [0.4, 0.5) is 10.1 Å². The smallest absolute Gasteiger partial charge is 0.258 e. The molecular formula is C26H18BrCl2FN2O6. The van der Waals surface area contributed by atoms with Gasteiger partial charge in [-0.05, 0) is 61.2 Å². The molecule has 8 nitrogen and oxygen atoms in total. The van der Waals surface area contributed by atoms with Gasteiger partial charge in [0.2, 0.25) is 0 Å². The van der Waals surface area contributed by atoms with Crippen molar-refractivity contribution in [1.82, 2.24) is 5.06 Å². The molecule has 4 amide bonds. The van der Waals surface area contributed by atoms with Crippen molar-refractivity contribution in [1.29, 1.82) is 0 Å². The Kier molecular flexibility index (Phi) is 5.60. The summed E-state index contributed by atoms with van der Waals surface area (Å²) < 4.78 is 14.2. The fourth-order valence-electron chi connectivity index (χ4n) is 6.48. The Balaban J connectivity index is 1.60. The highest BCUT2D eigenvalue weighted by atomic mass is 79.9. The van der Waals surface area contributed by atoms with Crippen molar-refractivity contribution in [3.05, 3.63) is 70.0 Å². The number of alkyl halides is 2. The normalized spacial score (nSPS) is 34.3. The number of anilines is 1. The Labute approximate surface area is 233 Å². The number of halogens is 4. The molecule has 2 heterocycles. The molecule has 12 heteroatoms. The maximum Gasteiger partial charge on any atom is 0.258 e. The third kappa shape index (κ3) is 3.11. The molecule has 0 unspecified atom stereocenters. The van der Waals surface area contributed by atoms with Gasteiger partial charge >= 0.3 is 0 Å². The zero-order valence-electron chi connectivity index (χ0n) is 19.3. The molecule has 0 bridgehead atoms. The van der Waals surface area contributed by atoms with E-state index in [1.54, 1.807) is 18.2 Å². The molecule has 0 radical (unpaired) electrons. The Bertz CT molecular complexity index is 1480. The van der Waals surface area contributed by atoms with Gasteiger partial charge in [-0.3, -0.25) is 24.4 Å². The summed E-state index contributed by atoms with van der Waals surface area (Å²) in [4.78, 5) is 50.2. The third-order valence-electron chi connectivity index (χ3n) is 8.17. The van der Waals surface area contributed by atoms with Crippen molar-refractivity contribution >= 4 is 68.4 Å². The zero-order valence-corrected chi connectivity index (χ0v) is 22.4. The highest BCUT2D eigenvalue weighted by Gasteiger charge is 2.76. The van der Waals surface area contributed by atoms with Gasteiger partial charge in [0, 0.05) is 16.0 Å². The topological polar surface area (TPSA) is 115 Å². The maximum absolute atomic E-state index is 14.1. The molecule has 2 aliphatic carbocycles. The van der Waals surface area contributed by atoms with E-state index in [0.717, 1.165) is 17.0 Å². The fourth-order valence-corrected chi connectivity index (χ4v) is 7.79. The number of imide groups is 2. The van der Waals surface area contributed by atoms with E-state index in [4.69, 9.17) is 23.2 Å². The molecular weight excluding hydrogens is 606 g/mol. The van der Waals surface area contributed by atoms with Crippen LogP contribution in [-0.2, 0) is 19.2 Å². The highest BCUT2D eigenvalue weighted by molar-refractivity contribution is 9.10. The van der Waals surface area contributed by atoms with Crippen LogP contribution in [0.15, 0.2) is 58.6 Å². The first-order valence-electron chi connectivity index (χ1n) is 11.7. The van der Waals surface area contributed by atoms with Crippen LogP contribution >= 0.6 is 39.1 Å². The second kappa shape index (κ2) is 8.35. The molecule has 2 N–H and O–H groups in total. The van der Waals surface area contributed by atoms with Crippen LogP contribution in [0.3, 0.4) is 0 Å². The van der Waals surface area contributed by atoms with E-state index >= 15 is 0 Å². The minimum absolute atomic E-state index is 0.0524. The van der Waals surface area contributed by atoms with Gasteiger partial charge < -0.3 is 5.11 Å². The van der Waals surface area contributed by atoms with Crippen LogP contribution in [0.5, 0.6) is 5.75 Å². The van der Waals surface area contributed by atoms with Crippen molar-refractivity contribution in [3.8, 4) is 5.75 Å². The van der Waals surface area contributed by atoms with Crippen LogP contribution in [-0.4, -0.2) is 48.8 Å². The van der Waals surface area contributed by atoms with Gasteiger partial charge in [-0.15, -0.1) is 23.2 Å². The number of fused-ring (bicyclic) bond motifs is 4. The summed E-state index contributed by atoms with van der Waals surface area (Å²) in [6.07, 6.45) is 1.47. The molecule has 196 valence electrons. The van der Waals surface area contributed by atoms with Crippen molar-refractivity contribution < 1.29 is 33.9 Å². The van der Waals surface area contributed by atoms with Crippen LogP contribution in [0, 0.1) is 23.6 Å². The molecule has 2 aliphatic heterocycles. The number of aromatic hydroxyl groups is 1. The number of phenolic OH excluding ortho intramolecular Hbond substituents is 1. The number of hydrogen-bond donors (Lipinski definition) is 2. The van der Waals surface area contributed by atoms with E-state index < -0.39 is 62.9 Å². The molecule has 38 heavy (non-hydrogen) atoms. The van der Waals surface area contributed by atoms with Gasteiger partial charge in [0.05, 0.1) is 17.5 Å². The van der Waals surface area contributed by atoms with E-state index in [2.05, 4.69) is 15.9 Å². The molecule has 1 saturated carbocycles. The lowest BCUT2D eigenvalue weighted by Crippen LogP contribution is -2.60. The number of benzene rings is 2. The minimum atomic E-state index is -2.15. The summed E-state index contributed by atoms with van der Waals surface area (Å²) in [5.41, 5.74) is 0.703. The SMILES string of the molecule is O=C1[C@H]2[C@H](CC=C3[C@H]2C[C@@]2(Cl)C(=O)N(c4ccc(F)cc4)C(=O)[C@@]2(Cl)[C@H]3c2cc(Br)ccc2O)C(=O)N1O. The number of allylic oxidation sites excluding steroid dienone is 2. The van der Waals surface area contributed by atoms with Crippen LogP contribution in [0.25, 0.3) is 0 Å². The molecule has 6 rings (SSSR count). The van der Waals surface area contributed by atoms with Crippen LogP contribution < -0.4 is 4.90 Å². The van der Waals surface area contributed by atoms with Gasteiger partial charge in [0.15, 0.2) is 9.75 Å². The van der Waals surface area contributed by atoms with Gasteiger partial charge in [-0.2, -0.15) is 5.06 Å². The van der Waals surface area contributed by atoms with Crippen LogP contribution in [0.1, 0.15) is 24.3 Å². The first-order valence-corrected chi connectivity index (χ1v) is 13.2. The Morgan fingerprint density at radius 2 is 1.66 bits per heavy atom. The number of hydrogen-bond acceptors (Lipinski definition) is 6. The molecule has 2 aromatic rings. The number of amides is 4. The van der Waals surface area contributed by atoms with Gasteiger partial charge in [0.25, 0.3) is 23.6 Å². The van der Waals surface area contributed by atoms with Gasteiger partial charge in [-0.1, -0.05) is 27.6 Å². The quantitative estimate of drug-likeness (QED) is 0.224. The Morgan fingerprint density at radius 1 is 0.974 bits per heavy atom. The fraction of sp³-hybridized carbons (Fsp3) is 0.308. The summed E-state index contributed by atoms with van der Waals surface area (Å²) in [5.74, 6) is -8.07. The molecule has 3 fully saturated rings. The molecule has 4 aliphatic rings. The number of nitrogens with zero attached hydrogens (tertiary/aromatic N) is 2. The predicted octanol–water partition coefficient (Wildman–Crippen LogP) is 4.25. The lowest BCUT2D eigenvalue weighted by atomic mass is 9.56. The molecule has 0 spiro atoms. The van der Waals surface area contributed by atoms with E-state index in [1.165, 1.54) is 18.2 Å². The zero-order chi connectivity index (χ0) is 27.3. The number of carbonyl (C=O) groups is 4. The monoisotopic (exact) mass is 622 g/mol. The number of phenols is 1. The number of hydroxylamine groups is 2. The summed E-state index contributed by atoms with van der Waals surface area (Å²) >= 11 is 17.7. The molecule has 0 aromatic heterocycles. The van der Waals surface area contributed by atoms with Crippen LogP contribution in [0.2, 0.25) is 0 Å². The van der Waals surface area contributed by atoms with E-state index in [9.17, 15) is 33.9 Å². The van der Waals surface area contributed by atoms with Gasteiger partial charge in [0.1, 0.15) is 11.6 Å². The molecule has 6 atom stereocenters. The van der Waals surface area contributed by atoms with E-state index in [1.807, 2.05) is 0 Å². The first-order chi connectivity index (χ1) is 17.9. The average Bonchev–Trinajstić information content (AvgIpc) is 3.19. The van der Waals surface area contributed by atoms with Crippen molar-refractivity contribution in [2.75, 3.05) is 4.90 Å². The number of carbonyl (C=O) groups excluding carboxylic acids is 4. The standard InChI is InChI=1S/C26H18BrCl2FN2O6/c27-11-1-8-18(33)16(9-11)20-14-6-7-15-19(22(35)32(38)21(15)34)17(14)10-25(28)23(36)31(24(37)26(20,25)29)13-4-2-12(30)3-5-13/h1-6,8-9,15,17,19-20,33,38H,7,10H2/t15-,17+,19-,20+,25+,26-/m0/s1. The minimum Gasteiger partial charge on any atom is -0.508 e. The molecule has 2 saturated heterocycles. The van der Waals surface area contributed by atoms with E-state index in [-0.39, 0.29) is 34.9 Å².